The summed E-state index contributed by atoms with van der Waals surface area (Å²) < 4.78 is 2.71. The van der Waals surface area contributed by atoms with Gasteiger partial charge in [-0.1, -0.05) is 12.1 Å². The van der Waals surface area contributed by atoms with Gasteiger partial charge in [-0.3, -0.25) is 19.2 Å². The number of aliphatic hydroxyl groups excluding tert-OH is 1. The molecule has 3 aliphatic heterocycles. The number of nitrogens with one attached hydrogen (secondary N) is 1. The minimum Gasteiger partial charge on any atom is -0.390 e. The fraction of sp³-hybridized carbons (Fsp3) is 0.667. The van der Waals surface area contributed by atoms with Gasteiger partial charge in [-0.05, 0) is 51.7 Å². The Hall–Kier alpha value is -2.89. The van der Waals surface area contributed by atoms with Crippen molar-refractivity contribution in [2.24, 2.45) is 0 Å². The van der Waals surface area contributed by atoms with E-state index in [4.69, 9.17) is 4.84 Å². The summed E-state index contributed by atoms with van der Waals surface area (Å²) in [5.41, 5.74) is 0.918. The van der Waals surface area contributed by atoms with Crippen molar-refractivity contribution in [2.75, 3.05) is 39.3 Å². The lowest BCUT2D eigenvalue weighted by atomic mass is 9.97. The Morgan fingerprint density at radius 2 is 1.66 bits per heavy atom. The Kier molecular flexibility index (Phi) is 7.78. The molecule has 0 spiro atoms. The van der Waals surface area contributed by atoms with Crippen LogP contribution < -0.4 is 15.8 Å². The molecule has 11 nitrogen and oxygen atoms in total. The van der Waals surface area contributed by atoms with Crippen LogP contribution in [0.25, 0.3) is 11.0 Å². The van der Waals surface area contributed by atoms with Crippen LogP contribution in [0, 0.1) is 0 Å². The van der Waals surface area contributed by atoms with Crippen molar-refractivity contribution < 1.29 is 19.5 Å². The monoisotopic (exact) mass is 528 g/mol. The molecule has 2 amide bonds. The fourth-order valence-electron chi connectivity index (χ4n) is 6.54. The average Bonchev–Trinajstić information content (AvgIpc) is 3.27. The summed E-state index contributed by atoms with van der Waals surface area (Å²) >= 11 is 0. The normalized spacial score (nSPS) is 25.2. The van der Waals surface area contributed by atoms with Gasteiger partial charge in [0.2, 0.25) is 5.91 Å². The maximum atomic E-state index is 13.0. The quantitative estimate of drug-likeness (QED) is 0.552. The highest BCUT2D eigenvalue weighted by Gasteiger charge is 2.42. The Bertz CT molecular complexity index is 1200. The van der Waals surface area contributed by atoms with Crippen molar-refractivity contribution in [3.63, 3.8) is 0 Å². The number of benzene rings is 1. The van der Waals surface area contributed by atoms with Gasteiger partial charge in [-0.2, -0.15) is 0 Å². The third-order valence-corrected chi connectivity index (χ3v) is 8.34. The molecular weight excluding hydrogens is 488 g/mol. The molecular formula is C27H40N6O5. The van der Waals surface area contributed by atoms with Crippen molar-refractivity contribution in [1.29, 1.82) is 0 Å². The Balaban J connectivity index is 1.14. The standard InChI is InChI=1S/C27H40N6O5/c1-18(2)32-24-6-4-5-7-25(24)33(27(32)37)38-26(36)28-20-14-21-8-9-22(15-20)31(21)17-23(35)16-29-10-12-30(13-11-29)19(3)34/h4-7,18,20-23,35H,8-17H2,1-3H3,(H,28,36)/t20-,21-,22+,23?. The number of fused-ring (bicyclic) bond motifs is 3. The van der Waals surface area contributed by atoms with Crippen LogP contribution >= 0.6 is 0 Å². The first-order valence-corrected chi connectivity index (χ1v) is 13.8. The molecule has 1 aromatic heterocycles. The predicted molar refractivity (Wildman–Crippen MR) is 143 cm³/mol. The Morgan fingerprint density at radius 1 is 1.03 bits per heavy atom. The number of para-hydroxylation sites is 2. The van der Waals surface area contributed by atoms with E-state index >= 15 is 0 Å². The molecule has 2 aromatic rings. The van der Waals surface area contributed by atoms with Crippen molar-refractivity contribution >= 4 is 23.0 Å². The number of hydrogen-bond acceptors (Lipinski definition) is 7. The number of aromatic nitrogens is 2. The molecule has 38 heavy (non-hydrogen) atoms. The molecule has 3 aliphatic rings. The largest absolute Gasteiger partial charge is 0.432 e. The van der Waals surface area contributed by atoms with Gasteiger partial charge in [0.15, 0.2) is 0 Å². The van der Waals surface area contributed by atoms with Crippen molar-refractivity contribution in [3.05, 3.63) is 34.7 Å². The summed E-state index contributed by atoms with van der Waals surface area (Å²) in [5, 5.41) is 13.8. The van der Waals surface area contributed by atoms with Gasteiger partial charge in [0.1, 0.15) is 5.52 Å². The average molecular weight is 529 g/mol. The van der Waals surface area contributed by atoms with Crippen molar-refractivity contribution in [1.82, 2.24) is 29.3 Å². The maximum absolute atomic E-state index is 13.0. The van der Waals surface area contributed by atoms with Gasteiger partial charge in [-0.15, -0.1) is 4.73 Å². The smallest absolute Gasteiger partial charge is 0.390 e. The maximum Gasteiger partial charge on any atom is 0.432 e. The molecule has 3 saturated heterocycles. The zero-order chi connectivity index (χ0) is 27.0. The molecule has 2 N–H and O–H groups in total. The summed E-state index contributed by atoms with van der Waals surface area (Å²) in [5.74, 6) is 0.108. The molecule has 1 unspecified atom stereocenters. The van der Waals surface area contributed by atoms with Gasteiger partial charge in [0, 0.05) is 70.4 Å². The van der Waals surface area contributed by atoms with Crippen molar-refractivity contribution in [3.8, 4) is 0 Å². The first-order chi connectivity index (χ1) is 18.2. The highest BCUT2D eigenvalue weighted by atomic mass is 16.7. The van der Waals surface area contributed by atoms with Crippen LogP contribution in [0.4, 0.5) is 4.79 Å². The first-order valence-electron chi connectivity index (χ1n) is 13.8. The molecule has 11 heteroatoms. The second-order valence-electron chi connectivity index (χ2n) is 11.3. The number of β-amino-alcohol motifs (C(OH)–C–C–N with tert-alkyl or cyclic N) is 1. The number of amides is 2. The van der Waals surface area contributed by atoms with Crippen LogP contribution in [0.2, 0.25) is 0 Å². The van der Waals surface area contributed by atoms with Crippen LogP contribution in [0.3, 0.4) is 0 Å². The zero-order valence-corrected chi connectivity index (χ0v) is 22.6. The summed E-state index contributed by atoms with van der Waals surface area (Å²) in [6.45, 7) is 9.67. The molecule has 0 radical (unpaired) electrons. The number of carbonyl (C=O) groups is 2. The van der Waals surface area contributed by atoms with Crippen LogP contribution in [-0.2, 0) is 4.79 Å². The number of hydrogen-bond donors (Lipinski definition) is 2. The summed E-state index contributed by atoms with van der Waals surface area (Å²) in [6.07, 6.45) is 2.59. The van der Waals surface area contributed by atoms with E-state index in [0.717, 1.165) is 49.0 Å². The van der Waals surface area contributed by atoms with Crippen LogP contribution in [0.5, 0.6) is 0 Å². The topological polar surface area (TPSA) is 112 Å². The van der Waals surface area contributed by atoms with E-state index in [2.05, 4.69) is 15.1 Å². The third kappa shape index (κ3) is 5.45. The Morgan fingerprint density at radius 3 is 2.26 bits per heavy atom. The predicted octanol–water partition coefficient (Wildman–Crippen LogP) is 1.04. The van der Waals surface area contributed by atoms with Crippen LogP contribution in [-0.4, -0.2) is 105 Å². The number of piperidine rings is 1. The summed E-state index contributed by atoms with van der Waals surface area (Å²) in [4.78, 5) is 49.4. The lowest BCUT2D eigenvalue weighted by molar-refractivity contribution is -0.130. The number of aliphatic hydroxyl groups is 1. The van der Waals surface area contributed by atoms with E-state index in [1.807, 2.05) is 36.9 Å². The Labute approximate surface area is 222 Å². The van der Waals surface area contributed by atoms with Gasteiger partial charge in [-0.25, -0.2) is 9.59 Å². The molecule has 1 aromatic carbocycles. The van der Waals surface area contributed by atoms with Gasteiger partial charge >= 0.3 is 11.8 Å². The highest BCUT2D eigenvalue weighted by molar-refractivity contribution is 5.77. The summed E-state index contributed by atoms with van der Waals surface area (Å²) in [6, 6.07) is 7.79. The molecule has 5 rings (SSSR count). The number of carbonyl (C=O) groups excluding carboxylic acids is 2. The molecule has 2 bridgehead atoms. The van der Waals surface area contributed by atoms with E-state index in [1.165, 1.54) is 0 Å². The molecule has 0 saturated carbocycles. The van der Waals surface area contributed by atoms with Crippen molar-refractivity contribution in [2.45, 2.75) is 76.7 Å². The lowest BCUT2D eigenvalue weighted by Crippen LogP contribution is -2.55. The number of piperazine rings is 1. The number of rotatable bonds is 7. The van der Waals surface area contributed by atoms with Crippen LogP contribution in [0.1, 0.15) is 52.5 Å². The van der Waals surface area contributed by atoms with Gasteiger partial charge < -0.3 is 20.2 Å². The molecule has 3 fully saturated rings. The van der Waals surface area contributed by atoms with Gasteiger partial charge in [0.05, 0.1) is 11.6 Å². The highest BCUT2D eigenvalue weighted by Crippen LogP contribution is 2.35. The lowest BCUT2D eigenvalue weighted by Gasteiger charge is -2.41. The fourth-order valence-corrected chi connectivity index (χ4v) is 6.54. The van der Waals surface area contributed by atoms with E-state index in [0.29, 0.717) is 43.8 Å². The zero-order valence-electron chi connectivity index (χ0n) is 22.6. The second-order valence-corrected chi connectivity index (χ2v) is 11.3. The summed E-state index contributed by atoms with van der Waals surface area (Å²) in [7, 11) is 0. The van der Waals surface area contributed by atoms with Gasteiger partial charge in [0.25, 0.3) is 0 Å². The number of imidazole rings is 1. The van der Waals surface area contributed by atoms with E-state index < -0.39 is 12.2 Å². The third-order valence-electron chi connectivity index (χ3n) is 8.34. The minimum atomic E-state index is -0.624. The SMILES string of the molecule is CC(=O)N1CCN(CC(O)CN2[C@@H]3CC[C@H]2C[C@H](NC(=O)On2c(=O)n(C(C)C)c4ccccc42)C3)CC1. The van der Waals surface area contributed by atoms with E-state index in [1.54, 1.807) is 17.6 Å². The van der Waals surface area contributed by atoms with E-state index in [9.17, 15) is 19.5 Å². The first kappa shape index (κ1) is 26.7. The minimum absolute atomic E-state index is 0.0396. The van der Waals surface area contributed by atoms with E-state index in [-0.39, 0.29) is 23.7 Å². The number of nitrogens with zero attached hydrogens (tertiary/aromatic N) is 5. The molecule has 0 aliphatic carbocycles. The molecule has 4 heterocycles. The second kappa shape index (κ2) is 11.1. The van der Waals surface area contributed by atoms with Crippen LogP contribution in [0.15, 0.2) is 29.1 Å². The molecule has 208 valence electrons. The molecule has 4 atom stereocenters.